The molecule has 0 amide bonds. The average Bonchev–Trinajstić information content (AvgIpc) is 2.44. The molecular weight excluding hydrogens is 250 g/mol. The molecule has 0 aromatic carbocycles. The predicted molar refractivity (Wildman–Crippen MR) is 73.9 cm³/mol. The van der Waals surface area contributed by atoms with Gasteiger partial charge in [-0.05, 0) is 23.8 Å². The van der Waals surface area contributed by atoms with E-state index >= 15 is 0 Å². The fraction of sp³-hybridized carbons (Fsp3) is 0.500. The number of hydrogen-bond acceptors (Lipinski definition) is 4. The first-order chi connectivity index (χ1) is 8.57. The lowest BCUT2D eigenvalue weighted by Gasteiger charge is -2.39. The van der Waals surface area contributed by atoms with Crippen molar-refractivity contribution in [1.29, 1.82) is 0 Å². The molecule has 100 valence electrons. The van der Waals surface area contributed by atoms with Crippen LogP contribution in [-0.2, 0) is 16.0 Å². The largest absolute Gasteiger partial charge is 0.366 e. The van der Waals surface area contributed by atoms with E-state index in [4.69, 9.17) is 21.7 Å². The number of methoxy groups -OCH3 is 2. The summed E-state index contributed by atoms with van der Waals surface area (Å²) in [6.07, 6.45) is 3.52. The van der Waals surface area contributed by atoms with E-state index in [0.29, 0.717) is 11.7 Å². The van der Waals surface area contributed by atoms with Gasteiger partial charge in [-0.2, -0.15) is 0 Å². The molecule has 0 aliphatic carbocycles. The highest BCUT2D eigenvalue weighted by Gasteiger charge is 2.33. The number of nitrogens with zero attached hydrogens (tertiary/aromatic N) is 2. The zero-order chi connectivity index (χ0) is 13.6. The molecule has 6 heteroatoms. The number of aromatic nitrogens is 1. The Balaban J connectivity index is 2.96. The maximum absolute atomic E-state index is 5.40. The maximum atomic E-state index is 5.40. The van der Waals surface area contributed by atoms with Gasteiger partial charge in [0.15, 0.2) is 5.11 Å². The smallest absolute Gasteiger partial charge is 0.250 e. The molecule has 1 rings (SSSR count). The first-order valence-corrected chi connectivity index (χ1v) is 5.96. The van der Waals surface area contributed by atoms with Crippen molar-refractivity contribution in [3.8, 4) is 0 Å². The molecule has 1 aromatic rings. The summed E-state index contributed by atoms with van der Waals surface area (Å²) in [6, 6.07) is 3.86. The standard InChI is InChI=1S/C12H19N3O2S/c1-12(16-3,17-4)15(11(18)13-2)9-10-6-5-7-14-8-10/h5-8H,9H2,1-4H3,(H,13,18). The van der Waals surface area contributed by atoms with Crippen molar-refractivity contribution < 1.29 is 9.47 Å². The number of hydrogen-bond donors (Lipinski definition) is 1. The molecule has 0 spiro atoms. The molecule has 1 heterocycles. The Morgan fingerprint density at radius 3 is 2.61 bits per heavy atom. The average molecular weight is 269 g/mol. The highest BCUT2D eigenvalue weighted by atomic mass is 32.1. The normalized spacial score (nSPS) is 11.1. The van der Waals surface area contributed by atoms with Crippen molar-refractivity contribution in [2.75, 3.05) is 21.3 Å². The van der Waals surface area contributed by atoms with Gasteiger partial charge in [-0.15, -0.1) is 0 Å². The fourth-order valence-electron chi connectivity index (χ4n) is 1.51. The summed E-state index contributed by atoms with van der Waals surface area (Å²) in [5, 5.41) is 3.48. The predicted octanol–water partition coefficient (Wildman–Crippen LogP) is 1.35. The number of thiocarbonyl (C=S) groups is 1. The Hall–Kier alpha value is -1.24. The first kappa shape index (κ1) is 14.8. The number of rotatable bonds is 5. The van der Waals surface area contributed by atoms with Crippen molar-refractivity contribution in [2.24, 2.45) is 0 Å². The summed E-state index contributed by atoms with van der Waals surface area (Å²) in [6.45, 7) is 2.36. The van der Waals surface area contributed by atoms with Gasteiger partial charge in [0.25, 0.3) is 0 Å². The van der Waals surface area contributed by atoms with E-state index in [1.807, 2.05) is 24.0 Å². The van der Waals surface area contributed by atoms with Crippen molar-refractivity contribution in [2.45, 2.75) is 19.4 Å². The second kappa shape index (κ2) is 6.63. The van der Waals surface area contributed by atoms with Crippen LogP contribution in [0, 0.1) is 0 Å². The van der Waals surface area contributed by atoms with Gasteiger partial charge < -0.3 is 14.8 Å². The molecule has 18 heavy (non-hydrogen) atoms. The Bertz CT molecular complexity index is 382. The first-order valence-electron chi connectivity index (χ1n) is 5.56. The number of nitrogens with one attached hydrogen (secondary N) is 1. The van der Waals surface area contributed by atoms with Crippen LogP contribution in [0.4, 0.5) is 0 Å². The minimum Gasteiger partial charge on any atom is -0.366 e. The van der Waals surface area contributed by atoms with Crippen LogP contribution in [0.25, 0.3) is 0 Å². The Labute approximate surface area is 113 Å². The van der Waals surface area contributed by atoms with Gasteiger partial charge in [-0.25, -0.2) is 0 Å². The molecule has 0 atom stereocenters. The Morgan fingerprint density at radius 2 is 2.17 bits per heavy atom. The van der Waals surface area contributed by atoms with E-state index in [1.165, 1.54) is 0 Å². The van der Waals surface area contributed by atoms with Gasteiger partial charge in [0.05, 0.1) is 6.54 Å². The van der Waals surface area contributed by atoms with Crippen LogP contribution in [0.1, 0.15) is 12.5 Å². The van der Waals surface area contributed by atoms with Crippen LogP contribution < -0.4 is 5.32 Å². The number of pyridine rings is 1. The molecule has 0 aliphatic rings. The second-order valence-corrected chi connectivity index (χ2v) is 4.20. The third kappa shape index (κ3) is 3.38. The lowest BCUT2D eigenvalue weighted by molar-refractivity contribution is -0.264. The summed E-state index contributed by atoms with van der Waals surface area (Å²) in [4.78, 5) is 5.90. The molecule has 0 fully saturated rings. The van der Waals surface area contributed by atoms with E-state index in [9.17, 15) is 0 Å². The zero-order valence-electron chi connectivity index (χ0n) is 11.1. The van der Waals surface area contributed by atoms with Gasteiger partial charge in [-0.1, -0.05) is 6.07 Å². The minimum atomic E-state index is -0.921. The molecule has 0 saturated carbocycles. The highest BCUT2D eigenvalue weighted by molar-refractivity contribution is 7.80. The Kier molecular flexibility index (Phi) is 5.46. The van der Waals surface area contributed by atoms with E-state index < -0.39 is 5.91 Å². The summed E-state index contributed by atoms with van der Waals surface area (Å²) in [5.74, 6) is -0.921. The number of ether oxygens (including phenoxy) is 2. The van der Waals surface area contributed by atoms with Crippen LogP contribution in [0.3, 0.4) is 0 Å². The Morgan fingerprint density at radius 1 is 1.50 bits per heavy atom. The third-order valence-electron chi connectivity index (χ3n) is 2.77. The second-order valence-electron chi connectivity index (χ2n) is 3.81. The third-order valence-corrected chi connectivity index (χ3v) is 3.19. The fourth-order valence-corrected chi connectivity index (χ4v) is 1.74. The van der Waals surface area contributed by atoms with Crippen LogP contribution in [0.5, 0.6) is 0 Å². The van der Waals surface area contributed by atoms with E-state index in [1.54, 1.807) is 33.7 Å². The molecule has 1 N–H and O–H groups in total. The van der Waals surface area contributed by atoms with Crippen molar-refractivity contribution in [3.63, 3.8) is 0 Å². The molecular formula is C12H19N3O2S. The van der Waals surface area contributed by atoms with Crippen LogP contribution in [0.15, 0.2) is 24.5 Å². The van der Waals surface area contributed by atoms with Crippen LogP contribution in [-0.4, -0.2) is 42.2 Å². The van der Waals surface area contributed by atoms with Gasteiger partial charge in [-0.3, -0.25) is 9.88 Å². The van der Waals surface area contributed by atoms with Gasteiger partial charge >= 0.3 is 0 Å². The topological polar surface area (TPSA) is 46.6 Å². The van der Waals surface area contributed by atoms with Gasteiger partial charge in [0, 0.05) is 40.6 Å². The summed E-state index contributed by atoms with van der Waals surface area (Å²) >= 11 is 5.29. The zero-order valence-corrected chi connectivity index (χ0v) is 12.0. The quantitative estimate of drug-likeness (QED) is 0.643. The van der Waals surface area contributed by atoms with Crippen molar-refractivity contribution >= 4 is 17.3 Å². The molecule has 0 bridgehead atoms. The van der Waals surface area contributed by atoms with Crippen molar-refractivity contribution in [1.82, 2.24) is 15.2 Å². The molecule has 5 nitrogen and oxygen atoms in total. The summed E-state index contributed by atoms with van der Waals surface area (Å²) in [7, 11) is 4.93. The summed E-state index contributed by atoms with van der Waals surface area (Å²) < 4.78 is 10.8. The molecule has 0 radical (unpaired) electrons. The van der Waals surface area contributed by atoms with E-state index in [2.05, 4.69) is 10.3 Å². The minimum absolute atomic E-state index is 0.546. The lowest BCUT2D eigenvalue weighted by atomic mass is 10.2. The molecule has 1 aromatic heterocycles. The lowest BCUT2D eigenvalue weighted by Crippen LogP contribution is -2.54. The molecule has 0 aliphatic heterocycles. The molecule has 0 unspecified atom stereocenters. The molecule has 0 saturated heterocycles. The maximum Gasteiger partial charge on any atom is 0.250 e. The monoisotopic (exact) mass is 269 g/mol. The van der Waals surface area contributed by atoms with Gasteiger partial charge in [0.1, 0.15) is 0 Å². The van der Waals surface area contributed by atoms with E-state index in [0.717, 1.165) is 5.56 Å². The highest BCUT2D eigenvalue weighted by Crippen LogP contribution is 2.20. The van der Waals surface area contributed by atoms with Crippen LogP contribution >= 0.6 is 12.2 Å². The van der Waals surface area contributed by atoms with E-state index in [-0.39, 0.29) is 0 Å². The van der Waals surface area contributed by atoms with Crippen LogP contribution in [0.2, 0.25) is 0 Å². The SMILES string of the molecule is CNC(=S)N(Cc1cccnc1)C(C)(OC)OC. The van der Waals surface area contributed by atoms with Crippen molar-refractivity contribution in [3.05, 3.63) is 30.1 Å². The summed E-state index contributed by atoms with van der Waals surface area (Å²) in [5.41, 5.74) is 1.02. The van der Waals surface area contributed by atoms with Gasteiger partial charge in [0.2, 0.25) is 5.91 Å².